The van der Waals surface area contributed by atoms with Crippen LogP contribution in [0.15, 0.2) is 237 Å². The first-order valence-corrected chi connectivity index (χ1v) is 24.1. The summed E-state index contributed by atoms with van der Waals surface area (Å²) in [5.41, 5.74) is 14.3. The Kier molecular flexibility index (Phi) is 9.00. The van der Waals surface area contributed by atoms with Crippen molar-refractivity contribution in [2.45, 2.75) is 0 Å². The second-order valence-corrected chi connectivity index (χ2v) is 18.6. The van der Waals surface area contributed by atoms with E-state index in [-0.39, 0.29) is 0 Å². The second kappa shape index (κ2) is 15.8. The van der Waals surface area contributed by atoms with E-state index >= 15 is 0 Å². The molecule has 69 heavy (non-hydrogen) atoms. The average Bonchev–Trinajstić information content (AvgIpc) is 4.09. The van der Waals surface area contributed by atoms with E-state index < -0.39 is 0 Å². The second-order valence-electron chi connectivity index (χ2n) is 17.6. The van der Waals surface area contributed by atoms with Crippen molar-refractivity contribution >= 4 is 75.1 Å². The van der Waals surface area contributed by atoms with Crippen LogP contribution in [0.3, 0.4) is 0 Å². The maximum Gasteiger partial charge on any atom is 0.165 e. The van der Waals surface area contributed by atoms with Crippen molar-refractivity contribution in [1.82, 2.24) is 24.1 Å². The topological polar surface area (TPSA) is 48.5 Å². The van der Waals surface area contributed by atoms with Gasteiger partial charge in [-0.2, -0.15) is 0 Å². The molecular weight excluding hydrogens is 859 g/mol. The third-order valence-electron chi connectivity index (χ3n) is 13.6. The first-order valence-electron chi connectivity index (χ1n) is 23.3. The normalized spacial score (nSPS) is 11.8. The van der Waals surface area contributed by atoms with Gasteiger partial charge in [0.1, 0.15) is 0 Å². The number of rotatable bonds is 7. The van der Waals surface area contributed by atoms with Gasteiger partial charge in [-0.3, -0.25) is 0 Å². The molecular formula is C63H39N5S. The van der Waals surface area contributed by atoms with Gasteiger partial charge in [0.25, 0.3) is 0 Å². The number of fused-ring (bicyclic) bond motifs is 9. The van der Waals surface area contributed by atoms with Gasteiger partial charge in [0.05, 0.1) is 22.1 Å². The predicted molar refractivity (Wildman–Crippen MR) is 289 cm³/mol. The van der Waals surface area contributed by atoms with E-state index in [1.54, 1.807) is 0 Å². The zero-order valence-electron chi connectivity index (χ0n) is 37.2. The van der Waals surface area contributed by atoms with Crippen molar-refractivity contribution in [3.63, 3.8) is 0 Å². The molecule has 14 aromatic rings. The molecule has 5 nitrogen and oxygen atoms in total. The maximum absolute atomic E-state index is 5.51. The lowest BCUT2D eigenvalue weighted by Crippen LogP contribution is -2.01. The summed E-state index contributed by atoms with van der Waals surface area (Å²) >= 11 is 1.81. The van der Waals surface area contributed by atoms with Crippen LogP contribution in [0.4, 0.5) is 0 Å². The van der Waals surface area contributed by atoms with E-state index in [0.717, 1.165) is 65.6 Å². The largest absolute Gasteiger partial charge is 0.309 e. The van der Waals surface area contributed by atoms with E-state index in [9.17, 15) is 0 Å². The third-order valence-corrected chi connectivity index (χ3v) is 14.8. The van der Waals surface area contributed by atoms with Crippen LogP contribution in [0.2, 0.25) is 0 Å². The maximum atomic E-state index is 5.51. The summed E-state index contributed by atoms with van der Waals surface area (Å²) in [4.78, 5) is 16.2. The fourth-order valence-corrected chi connectivity index (χ4v) is 11.7. The van der Waals surface area contributed by atoms with Crippen LogP contribution in [0.1, 0.15) is 0 Å². The molecule has 0 aliphatic rings. The van der Waals surface area contributed by atoms with Crippen molar-refractivity contribution in [1.29, 1.82) is 0 Å². The minimum absolute atomic E-state index is 0.618. The molecule has 4 heterocycles. The molecule has 0 atom stereocenters. The van der Waals surface area contributed by atoms with E-state index in [1.807, 2.05) is 29.5 Å². The van der Waals surface area contributed by atoms with Crippen LogP contribution in [0.5, 0.6) is 0 Å². The lowest BCUT2D eigenvalue weighted by molar-refractivity contribution is 1.07. The highest BCUT2D eigenvalue weighted by molar-refractivity contribution is 7.26. The minimum atomic E-state index is 0.618. The predicted octanol–water partition coefficient (Wildman–Crippen LogP) is 16.8. The summed E-state index contributed by atoms with van der Waals surface area (Å²) in [5.74, 6) is 1.86. The molecule has 0 bridgehead atoms. The van der Waals surface area contributed by atoms with Gasteiger partial charge >= 0.3 is 0 Å². The number of nitrogens with zero attached hydrogens (tertiary/aromatic N) is 5. The van der Waals surface area contributed by atoms with Crippen LogP contribution in [0.25, 0.3) is 132 Å². The van der Waals surface area contributed by atoms with Crippen LogP contribution in [-0.2, 0) is 0 Å². The van der Waals surface area contributed by atoms with Crippen LogP contribution < -0.4 is 0 Å². The average molecular weight is 898 g/mol. The SMILES string of the molecule is c1ccc(-c2cccc(-c3cccc4c3sc3c(-c5nc(-c6ccccc6)nc(-c6ccc7c(c6)c6ccccc6n7-c6ccccc6)n5)cc(-n5c6ccccc6c6ccccc65)cc34)c2)cc1. The van der Waals surface area contributed by atoms with Gasteiger partial charge in [-0.05, 0) is 89.0 Å². The summed E-state index contributed by atoms with van der Waals surface area (Å²) in [6.07, 6.45) is 0. The van der Waals surface area contributed by atoms with Crippen LogP contribution in [-0.4, -0.2) is 24.1 Å². The molecule has 0 radical (unpaired) electrons. The van der Waals surface area contributed by atoms with Gasteiger partial charge in [-0.25, -0.2) is 15.0 Å². The fraction of sp³-hybridized carbons (Fsp3) is 0. The Balaban J connectivity index is 1.04. The molecule has 0 spiro atoms. The summed E-state index contributed by atoms with van der Waals surface area (Å²) in [6, 6.07) is 84.5. The monoisotopic (exact) mass is 897 g/mol. The highest BCUT2D eigenvalue weighted by atomic mass is 32.1. The van der Waals surface area contributed by atoms with E-state index in [4.69, 9.17) is 15.0 Å². The third kappa shape index (κ3) is 6.41. The van der Waals surface area contributed by atoms with Gasteiger partial charge in [-0.15, -0.1) is 11.3 Å². The zero-order chi connectivity index (χ0) is 45.4. The van der Waals surface area contributed by atoms with Crippen molar-refractivity contribution in [3.05, 3.63) is 237 Å². The van der Waals surface area contributed by atoms with Gasteiger partial charge in [0.15, 0.2) is 17.5 Å². The highest BCUT2D eigenvalue weighted by Crippen LogP contribution is 2.46. The van der Waals surface area contributed by atoms with Crippen molar-refractivity contribution in [3.8, 4) is 67.8 Å². The smallest absolute Gasteiger partial charge is 0.165 e. The number of aromatic nitrogens is 5. The Morgan fingerprint density at radius 3 is 1.45 bits per heavy atom. The molecule has 0 amide bonds. The molecule has 0 saturated carbocycles. The molecule has 6 heteroatoms. The molecule has 0 saturated heterocycles. The zero-order valence-corrected chi connectivity index (χ0v) is 38.0. The molecule has 322 valence electrons. The van der Waals surface area contributed by atoms with E-state index in [0.29, 0.717) is 17.5 Å². The molecule has 10 aromatic carbocycles. The first kappa shape index (κ1) is 39.2. The molecule has 0 unspecified atom stereocenters. The summed E-state index contributed by atoms with van der Waals surface area (Å²) in [5, 5.41) is 7.08. The van der Waals surface area contributed by atoms with Crippen LogP contribution in [0, 0.1) is 0 Å². The Hall–Kier alpha value is -8.97. The summed E-state index contributed by atoms with van der Waals surface area (Å²) in [7, 11) is 0. The fourth-order valence-electron chi connectivity index (χ4n) is 10.4. The quantitative estimate of drug-likeness (QED) is 0.160. The van der Waals surface area contributed by atoms with Crippen molar-refractivity contribution in [2.24, 2.45) is 0 Å². The summed E-state index contributed by atoms with van der Waals surface area (Å²) < 4.78 is 7.09. The number of thiophene rings is 1. The number of para-hydroxylation sites is 4. The van der Waals surface area contributed by atoms with Gasteiger partial charge in [0, 0.05) is 69.8 Å². The number of hydrogen-bond donors (Lipinski definition) is 0. The molecule has 14 rings (SSSR count). The first-order chi connectivity index (χ1) is 34.2. The Morgan fingerprint density at radius 1 is 0.261 bits per heavy atom. The Labute approximate surface area is 401 Å². The van der Waals surface area contributed by atoms with Gasteiger partial charge in [-0.1, -0.05) is 170 Å². The van der Waals surface area contributed by atoms with Gasteiger partial charge in [0.2, 0.25) is 0 Å². The molecule has 0 aliphatic heterocycles. The van der Waals surface area contributed by atoms with Crippen LogP contribution >= 0.6 is 11.3 Å². The Bertz CT molecular complexity index is 4250. The highest BCUT2D eigenvalue weighted by Gasteiger charge is 2.23. The van der Waals surface area contributed by atoms with E-state index in [1.165, 1.54) is 48.5 Å². The molecule has 0 aliphatic carbocycles. The Morgan fingerprint density at radius 2 is 0.754 bits per heavy atom. The number of hydrogen-bond acceptors (Lipinski definition) is 4. The van der Waals surface area contributed by atoms with Gasteiger partial charge < -0.3 is 9.13 Å². The van der Waals surface area contributed by atoms with E-state index in [2.05, 4.69) is 228 Å². The molecule has 0 N–H and O–H groups in total. The van der Waals surface area contributed by atoms with Crippen molar-refractivity contribution < 1.29 is 0 Å². The lowest BCUT2D eigenvalue weighted by Gasteiger charge is -2.13. The van der Waals surface area contributed by atoms with Crippen molar-refractivity contribution in [2.75, 3.05) is 0 Å². The minimum Gasteiger partial charge on any atom is -0.309 e. The lowest BCUT2D eigenvalue weighted by atomic mass is 9.97. The number of benzene rings is 10. The standard InChI is InChI=1S/C63H39N5S/c1-4-18-40(19-5-1)42-22-16-23-43(36-42)47-29-17-30-51-53-38-46(68-55-31-13-10-26-48(55)49-27-11-14-32-56(49)68)39-54(60(53)69-59(47)51)63-65-61(41-20-6-2-7-21-41)64-62(66-63)44-34-35-58-52(37-44)50-28-12-15-33-57(50)67(58)45-24-8-3-9-25-45/h1-39H. The molecule has 4 aromatic heterocycles. The summed E-state index contributed by atoms with van der Waals surface area (Å²) in [6.45, 7) is 0. The molecule has 0 fully saturated rings.